The lowest BCUT2D eigenvalue weighted by Crippen LogP contribution is -2.26. The van der Waals surface area contributed by atoms with Crippen LogP contribution in [0.3, 0.4) is 0 Å². The highest BCUT2D eigenvalue weighted by Crippen LogP contribution is 2.30. The van der Waals surface area contributed by atoms with Crippen LogP contribution in [0.15, 0.2) is 48.5 Å². The van der Waals surface area contributed by atoms with Gasteiger partial charge in [0.05, 0.1) is 0 Å². The van der Waals surface area contributed by atoms with Crippen LogP contribution in [0.1, 0.15) is 53.7 Å². The molecular weight excluding hydrogens is 270 g/mol. The third-order valence-electron chi connectivity index (χ3n) is 4.48. The Balaban J connectivity index is 1.97. The van der Waals surface area contributed by atoms with Crippen LogP contribution in [0.25, 0.3) is 0 Å². The Morgan fingerprint density at radius 3 is 2.55 bits per heavy atom. The van der Waals surface area contributed by atoms with Crippen molar-refractivity contribution in [2.75, 3.05) is 13.1 Å². The van der Waals surface area contributed by atoms with Gasteiger partial charge in [-0.05, 0) is 44.0 Å². The average Bonchev–Trinajstić information content (AvgIpc) is 3.10. The molecule has 0 spiro atoms. The van der Waals surface area contributed by atoms with E-state index in [1.165, 1.54) is 12.8 Å². The summed E-state index contributed by atoms with van der Waals surface area (Å²) in [5.74, 6) is 0.0776. The first-order valence-corrected chi connectivity index (χ1v) is 8.15. The molecule has 0 aliphatic carbocycles. The lowest BCUT2D eigenvalue weighted by molar-refractivity contribution is 0.103. The van der Waals surface area contributed by atoms with Crippen LogP contribution in [0.5, 0.6) is 0 Å². The van der Waals surface area contributed by atoms with E-state index in [2.05, 4.69) is 24.0 Å². The Labute approximate surface area is 132 Å². The van der Waals surface area contributed by atoms with E-state index in [1.807, 2.05) is 42.5 Å². The minimum absolute atomic E-state index is 0.0776. The van der Waals surface area contributed by atoms with Gasteiger partial charge in [0.2, 0.25) is 0 Å². The lowest BCUT2D eigenvalue weighted by Gasteiger charge is -2.28. The normalized spacial score (nSPS) is 16.6. The van der Waals surface area contributed by atoms with Crippen molar-refractivity contribution in [2.45, 2.75) is 32.2 Å². The highest BCUT2D eigenvalue weighted by molar-refractivity contribution is 6.09. The Morgan fingerprint density at radius 2 is 1.86 bits per heavy atom. The van der Waals surface area contributed by atoms with Crippen LogP contribution in [0, 0.1) is 6.07 Å². The summed E-state index contributed by atoms with van der Waals surface area (Å²) in [5, 5.41) is 0. The number of ketones is 1. The van der Waals surface area contributed by atoms with Crippen molar-refractivity contribution in [3.05, 3.63) is 71.3 Å². The summed E-state index contributed by atoms with van der Waals surface area (Å²) < 4.78 is 0. The fourth-order valence-corrected chi connectivity index (χ4v) is 3.39. The number of carbonyl (C=O) groups excluding carboxylic acids is 1. The molecule has 1 aliphatic heterocycles. The maximum atomic E-state index is 12.9. The molecule has 113 valence electrons. The van der Waals surface area contributed by atoms with Gasteiger partial charge in [-0.2, -0.15) is 0 Å². The molecule has 1 radical (unpaired) electrons. The van der Waals surface area contributed by atoms with Gasteiger partial charge < -0.3 is 0 Å². The highest BCUT2D eigenvalue weighted by Gasteiger charge is 2.25. The molecule has 1 saturated heterocycles. The average molecular weight is 292 g/mol. The van der Waals surface area contributed by atoms with Gasteiger partial charge in [-0.15, -0.1) is 0 Å². The van der Waals surface area contributed by atoms with Crippen molar-refractivity contribution in [1.82, 2.24) is 4.90 Å². The van der Waals surface area contributed by atoms with Gasteiger partial charge in [0.25, 0.3) is 0 Å². The topological polar surface area (TPSA) is 20.3 Å². The standard InChI is InChI=1S/C20H22NO/c1-2-19(21-14-8-9-15-21)17-12-6-7-13-18(17)20(22)16-10-4-3-5-11-16/h3-7,10-12,19H,2,8-9,14-15H2,1H3. The number of likely N-dealkylation sites (tertiary alicyclic amines) is 1. The van der Waals surface area contributed by atoms with E-state index in [0.29, 0.717) is 6.04 Å². The molecular formula is C20H22NO. The fraction of sp³-hybridized carbons (Fsp3) is 0.350. The maximum absolute atomic E-state index is 12.9. The summed E-state index contributed by atoms with van der Waals surface area (Å²) in [6.07, 6.45) is 3.54. The molecule has 2 nitrogen and oxygen atoms in total. The third kappa shape index (κ3) is 2.97. The minimum atomic E-state index is 0.0776. The van der Waals surface area contributed by atoms with Crippen LogP contribution in [0.2, 0.25) is 0 Å². The molecule has 1 aliphatic rings. The second kappa shape index (κ2) is 6.89. The number of hydrogen-bond acceptors (Lipinski definition) is 2. The van der Waals surface area contributed by atoms with Crippen molar-refractivity contribution in [3.63, 3.8) is 0 Å². The van der Waals surface area contributed by atoms with Gasteiger partial charge in [0.1, 0.15) is 0 Å². The number of nitrogens with zero attached hydrogens (tertiary/aromatic N) is 1. The van der Waals surface area contributed by atoms with E-state index in [0.717, 1.165) is 36.2 Å². The molecule has 0 N–H and O–H groups in total. The van der Waals surface area contributed by atoms with Crippen molar-refractivity contribution >= 4 is 5.78 Å². The zero-order chi connectivity index (χ0) is 15.4. The van der Waals surface area contributed by atoms with E-state index in [-0.39, 0.29) is 5.78 Å². The van der Waals surface area contributed by atoms with E-state index < -0.39 is 0 Å². The van der Waals surface area contributed by atoms with Gasteiger partial charge in [0, 0.05) is 17.2 Å². The Hall–Kier alpha value is -1.93. The number of rotatable bonds is 5. The Morgan fingerprint density at radius 1 is 1.14 bits per heavy atom. The fourth-order valence-electron chi connectivity index (χ4n) is 3.39. The summed E-state index contributed by atoms with van der Waals surface area (Å²) in [7, 11) is 0. The quantitative estimate of drug-likeness (QED) is 0.767. The van der Waals surface area contributed by atoms with Crippen LogP contribution in [-0.2, 0) is 0 Å². The Bertz CT molecular complexity index is 629. The van der Waals surface area contributed by atoms with Crippen LogP contribution >= 0.6 is 0 Å². The summed E-state index contributed by atoms with van der Waals surface area (Å²) >= 11 is 0. The minimum Gasteiger partial charge on any atom is -0.296 e. The van der Waals surface area contributed by atoms with Gasteiger partial charge >= 0.3 is 0 Å². The molecule has 0 saturated carbocycles. The van der Waals surface area contributed by atoms with Crippen molar-refractivity contribution in [3.8, 4) is 0 Å². The summed E-state index contributed by atoms with van der Waals surface area (Å²) in [6.45, 7) is 4.46. The van der Waals surface area contributed by atoms with Crippen LogP contribution < -0.4 is 0 Å². The second-order valence-electron chi connectivity index (χ2n) is 5.86. The number of hydrogen-bond donors (Lipinski definition) is 0. The maximum Gasteiger partial charge on any atom is 0.193 e. The number of carbonyl (C=O) groups is 1. The van der Waals surface area contributed by atoms with E-state index in [1.54, 1.807) is 0 Å². The van der Waals surface area contributed by atoms with Gasteiger partial charge in [-0.1, -0.05) is 55.5 Å². The van der Waals surface area contributed by atoms with Gasteiger partial charge in [-0.25, -0.2) is 0 Å². The van der Waals surface area contributed by atoms with E-state index >= 15 is 0 Å². The molecule has 2 aromatic rings. The monoisotopic (exact) mass is 292 g/mol. The zero-order valence-corrected chi connectivity index (χ0v) is 13.1. The lowest BCUT2D eigenvalue weighted by atomic mass is 9.92. The molecule has 2 aromatic carbocycles. The molecule has 22 heavy (non-hydrogen) atoms. The predicted octanol–water partition coefficient (Wildman–Crippen LogP) is 4.26. The van der Waals surface area contributed by atoms with Gasteiger partial charge in [-0.3, -0.25) is 9.69 Å². The number of benzene rings is 2. The van der Waals surface area contributed by atoms with Gasteiger partial charge in [0.15, 0.2) is 5.78 Å². The molecule has 1 unspecified atom stereocenters. The highest BCUT2D eigenvalue weighted by atomic mass is 16.1. The first kappa shape index (κ1) is 15.0. The predicted molar refractivity (Wildman–Crippen MR) is 89.0 cm³/mol. The molecule has 0 aromatic heterocycles. The third-order valence-corrected chi connectivity index (χ3v) is 4.48. The molecule has 0 bridgehead atoms. The Kier molecular flexibility index (Phi) is 4.69. The zero-order valence-electron chi connectivity index (χ0n) is 13.1. The van der Waals surface area contributed by atoms with Crippen molar-refractivity contribution < 1.29 is 4.79 Å². The SMILES string of the molecule is CCC(c1ccc[c]c1C(=O)c1ccccc1)N1CCCC1. The molecule has 1 fully saturated rings. The summed E-state index contributed by atoms with van der Waals surface area (Å²) in [5.41, 5.74) is 2.59. The largest absolute Gasteiger partial charge is 0.296 e. The van der Waals surface area contributed by atoms with E-state index in [9.17, 15) is 4.79 Å². The van der Waals surface area contributed by atoms with E-state index in [4.69, 9.17) is 0 Å². The molecule has 1 heterocycles. The smallest absolute Gasteiger partial charge is 0.193 e. The molecule has 1 atom stereocenters. The molecule has 2 heteroatoms. The molecule has 0 amide bonds. The second-order valence-corrected chi connectivity index (χ2v) is 5.86. The summed E-state index contributed by atoms with van der Waals surface area (Å²) in [4.78, 5) is 15.4. The van der Waals surface area contributed by atoms with Crippen molar-refractivity contribution in [2.24, 2.45) is 0 Å². The first-order valence-electron chi connectivity index (χ1n) is 8.15. The molecule has 3 rings (SSSR count). The van der Waals surface area contributed by atoms with Crippen molar-refractivity contribution in [1.29, 1.82) is 0 Å². The summed E-state index contributed by atoms with van der Waals surface area (Å²) in [6, 6.07) is 19.0. The first-order chi connectivity index (χ1) is 10.8. The van der Waals surface area contributed by atoms with Crippen LogP contribution in [0.4, 0.5) is 0 Å². The van der Waals surface area contributed by atoms with Crippen LogP contribution in [-0.4, -0.2) is 23.8 Å².